The Morgan fingerprint density at radius 3 is 2.85 bits per heavy atom. The van der Waals surface area contributed by atoms with Gasteiger partial charge in [-0.05, 0) is 24.6 Å². The van der Waals surface area contributed by atoms with Crippen molar-refractivity contribution in [3.63, 3.8) is 0 Å². The average Bonchev–Trinajstić information content (AvgIpc) is 2.11. The highest BCUT2D eigenvalue weighted by atomic mass is 35.5. The molecule has 1 aromatic rings. The first-order chi connectivity index (χ1) is 6.24. The predicted molar refractivity (Wildman–Crippen MR) is 50.5 cm³/mol. The van der Waals surface area contributed by atoms with Crippen LogP contribution in [0.15, 0.2) is 18.2 Å². The van der Waals surface area contributed by atoms with Gasteiger partial charge in [0.05, 0.1) is 17.4 Å². The van der Waals surface area contributed by atoms with E-state index in [0.717, 1.165) is 0 Å². The summed E-state index contributed by atoms with van der Waals surface area (Å²) in [7, 11) is 0. The molecule has 4 heteroatoms. The van der Waals surface area contributed by atoms with E-state index in [9.17, 15) is 8.78 Å². The van der Waals surface area contributed by atoms with Crippen LogP contribution in [0.4, 0.5) is 14.5 Å². The van der Waals surface area contributed by atoms with Crippen LogP contribution in [-0.4, -0.2) is 13.2 Å². The molecule has 1 nitrogen and oxygen atoms in total. The third kappa shape index (κ3) is 3.19. The molecule has 0 saturated heterocycles. The molecule has 0 aliphatic heterocycles. The summed E-state index contributed by atoms with van der Waals surface area (Å²) in [6, 6.07) is 4.04. The van der Waals surface area contributed by atoms with Gasteiger partial charge in [-0.2, -0.15) is 0 Å². The summed E-state index contributed by atoms with van der Waals surface area (Å²) in [5, 5.41) is 3.29. The second kappa shape index (κ2) is 5.02. The standard InChI is InChI=1S/C9H10ClF2N/c10-8-3-2-7(12)6-9(8)13-5-1-4-11/h2-3,6,13H,1,4-5H2. The second-order valence-corrected chi connectivity index (χ2v) is 3.00. The largest absolute Gasteiger partial charge is 0.384 e. The first-order valence-electron chi connectivity index (χ1n) is 3.99. The third-order valence-electron chi connectivity index (χ3n) is 1.55. The van der Waals surface area contributed by atoms with Crippen molar-refractivity contribution in [1.29, 1.82) is 0 Å². The lowest BCUT2D eigenvalue weighted by Gasteiger charge is -2.06. The zero-order valence-electron chi connectivity index (χ0n) is 6.99. The Balaban J connectivity index is 2.59. The highest BCUT2D eigenvalue weighted by Crippen LogP contribution is 2.22. The number of anilines is 1. The summed E-state index contributed by atoms with van der Waals surface area (Å²) < 4.78 is 24.4. The maximum Gasteiger partial charge on any atom is 0.125 e. The number of rotatable bonds is 4. The maximum atomic E-state index is 12.7. The van der Waals surface area contributed by atoms with Crippen molar-refractivity contribution in [3.8, 4) is 0 Å². The Hall–Kier alpha value is -0.830. The molecule has 0 atom stereocenters. The summed E-state index contributed by atoms with van der Waals surface area (Å²) in [5.74, 6) is -0.354. The number of benzene rings is 1. The molecule has 0 unspecified atom stereocenters. The van der Waals surface area contributed by atoms with Crippen molar-refractivity contribution in [2.75, 3.05) is 18.5 Å². The van der Waals surface area contributed by atoms with Crippen molar-refractivity contribution in [2.45, 2.75) is 6.42 Å². The van der Waals surface area contributed by atoms with Crippen LogP contribution in [0.3, 0.4) is 0 Å². The van der Waals surface area contributed by atoms with Crippen molar-refractivity contribution in [2.24, 2.45) is 0 Å². The molecule has 0 radical (unpaired) electrons. The van der Waals surface area contributed by atoms with E-state index in [0.29, 0.717) is 23.7 Å². The fraction of sp³-hybridized carbons (Fsp3) is 0.333. The van der Waals surface area contributed by atoms with Crippen LogP contribution in [0, 0.1) is 5.82 Å². The topological polar surface area (TPSA) is 12.0 Å². The molecule has 0 fully saturated rings. The summed E-state index contributed by atoms with van der Waals surface area (Å²) in [5.41, 5.74) is 0.509. The van der Waals surface area contributed by atoms with E-state index in [-0.39, 0.29) is 12.5 Å². The number of halogens is 3. The molecule has 72 valence electrons. The van der Waals surface area contributed by atoms with Gasteiger partial charge >= 0.3 is 0 Å². The van der Waals surface area contributed by atoms with Crippen LogP contribution in [0.1, 0.15) is 6.42 Å². The zero-order valence-corrected chi connectivity index (χ0v) is 7.74. The Bertz CT molecular complexity index is 278. The van der Waals surface area contributed by atoms with Gasteiger partial charge in [0, 0.05) is 6.54 Å². The van der Waals surface area contributed by atoms with Gasteiger partial charge in [-0.25, -0.2) is 4.39 Å². The van der Waals surface area contributed by atoms with Gasteiger partial charge in [-0.3, -0.25) is 4.39 Å². The van der Waals surface area contributed by atoms with E-state index in [1.807, 2.05) is 0 Å². The maximum absolute atomic E-state index is 12.7. The van der Waals surface area contributed by atoms with E-state index in [2.05, 4.69) is 5.32 Å². The quantitative estimate of drug-likeness (QED) is 0.744. The Kier molecular flexibility index (Phi) is 3.96. The minimum absolute atomic E-state index is 0.354. The second-order valence-electron chi connectivity index (χ2n) is 2.59. The van der Waals surface area contributed by atoms with Crippen LogP contribution in [0.2, 0.25) is 5.02 Å². The summed E-state index contributed by atoms with van der Waals surface area (Å²) >= 11 is 5.75. The van der Waals surface area contributed by atoms with Gasteiger partial charge in [-0.15, -0.1) is 0 Å². The Morgan fingerprint density at radius 1 is 1.38 bits per heavy atom. The molecule has 0 aliphatic rings. The summed E-state index contributed by atoms with van der Waals surface area (Å²) in [6.07, 6.45) is 0.396. The van der Waals surface area contributed by atoms with Gasteiger partial charge in [0.2, 0.25) is 0 Å². The first kappa shape index (κ1) is 10.3. The van der Waals surface area contributed by atoms with Crippen molar-refractivity contribution in [1.82, 2.24) is 0 Å². The van der Waals surface area contributed by atoms with E-state index in [1.54, 1.807) is 0 Å². The lowest BCUT2D eigenvalue weighted by Crippen LogP contribution is -2.02. The number of hydrogen-bond donors (Lipinski definition) is 1. The molecule has 0 amide bonds. The Morgan fingerprint density at radius 2 is 2.15 bits per heavy atom. The molecule has 0 saturated carbocycles. The van der Waals surface area contributed by atoms with Gasteiger partial charge in [0.25, 0.3) is 0 Å². The van der Waals surface area contributed by atoms with Gasteiger partial charge < -0.3 is 5.32 Å². The van der Waals surface area contributed by atoms with Crippen LogP contribution in [-0.2, 0) is 0 Å². The molecule has 1 rings (SSSR count). The fourth-order valence-electron chi connectivity index (χ4n) is 0.923. The molecule has 1 aromatic carbocycles. The molecule has 13 heavy (non-hydrogen) atoms. The molecule has 0 bridgehead atoms. The van der Waals surface area contributed by atoms with Crippen molar-refractivity contribution < 1.29 is 8.78 Å². The predicted octanol–water partition coefficient (Wildman–Crippen LogP) is 3.25. The fourth-order valence-corrected chi connectivity index (χ4v) is 1.11. The number of alkyl halides is 1. The number of hydrogen-bond acceptors (Lipinski definition) is 1. The Labute approximate surface area is 80.7 Å². The summed E-state index contributed by atoms with van der Waals surface area (Å²) in [6.45, 7) is 0.0691. The van der Waals surface area contributed by atoms with E-state index in [1.165, 1.54) is 18.2 Å². The lowest BCUT2D eigenvalue weighted by atomic mass is 10.3. The van der Waals surface area contributed by atoms with Crippen LogP contribution in [0.5, 0.6) is 0 Å². The van der Waals surface area contributed by atoms with E-state index < -0.39 is 0 Å². The van der Waals surface area contributed by atoms with Crippen LogP contribution >= 0.6 is 11.6 Å². The van der Waals surface area contributed by atoms with E-state index in [4.69, 9.17) is 11.6 Å². The highest BCUT2D eigenvalue weighted by Gasteiger charge is 2.00. The van der Waals surface area contributed by atoms with Crippen molar-refractivity contribution in [3.05, 3.63) is 29.0 Å². The highest BCUT2D eigenvalue weighted by molar-refractivity contribution is 6.33. The van der Waals surface area contributed by atoms with Crippen LogP contribution < -0.4 is 5.32 Å². The number of nitrogens with one attached hydrogen (secondary N) is 1. The van der Waals surface area contributed by atoms with Gasteiger partial charge in [-0.1, -0.05) is 11.6 Å². The molecular formula is C9H10ClF2N. The minimum atomic E-state index is -0.389. The smallest absolute Gasteiger partial charge is 0.125 e. The first-order valence-corrected chi connectivity index (χ1v) is 4.36. The van der Waals surface area contributed by atoms with Crippen molar-refractivity contribution >= 4 is 17.3 Å². The summed E-state index contributed by atoms with van der Waals surface area (Å²) in [4.78, 5) is 0. The SMILES string of the molecule is FCCCNc1cc(F)ccc1Cl. The molecule has 0 spiro atoms. The monoisotopic (exact) mass is 205 g/mol. The zero-order chi connectivity index (χ0) is 9.68. The lowest BCUT2D eigenvalue weighted by molar-refractivity contribution is 0.481. The normalized spacial score (nSPS) is 10.1. The molecule has 1 N–H and O–H groups in total. The average molecular weight is 206 g/mol. The third-order valence-corrected chi connectivity index (χ3v) is 1.88. The van der Waals surface area contributed by atoms with E-state index >= 15 is 0 Å². The molecule has 0 aromatic heterocycles. The molecule has 0 aliphatic carbocycles. The van der Waals surface area contributed by atoms with Gasteiger partial charge in [0.15, 0.2) is 0 Å². The minimum Gasteiger partial charge on any atom is -0.384 e. The molecule has 0 heterocycles. The van der Waals surface area contributed by atoms with Crippen LogP contribution in [0.25, 0.3) is 0 Å². The molecular weight excluding hydrogens is 196 g/mol. The van der Waals surface area contributed by atoms with Gasteiger partial charge in [0.1, 0.15) is 5.82 Å².